The second kappa shape index (κ2) is 5.67. The van der Waals surface area contributed by atoms with Gasteiger partial charge >= 0.3 is 0 Å². The van der Waals surface area contributed by atoms with E-state index in [1.54, 1.807) is 22.7 Å². The van der Waals surface area contributed by atoms with E-state index in [1.165, 1.54) is 0 Å². The maximum absolute atomic E-state index is 12.1. The Morgan fingerprint density at radius 1 is 1.24 bits per heavy atom. The molecule has 110 valence electrons. The molecule has 2 N–H and O–H groups in total. The van der Waals surface area contributed by atoms with E-state index in [4.69, 9.17) is 0 Å². The van der Waals surface area contributed by atoms with Crippen LogP contribution >= 0.6 is 22.7 Å². The highest BCUT2D eigenvalue weighted by atomic mass is 32.1. The number of hydrogen-bond acceptors (Lipinski definition) is 6. The number of thiophene rings is 1. The third kappa shape index (κ3) is 2.90. The average Bonchev–Trinajstić information content (AvgIpc) is 2.95. The molecule has 7 heteroatoms. The molecule has 0 aliphatic rings. The van der Waals surface area contributed by atoms with E-state index in [0.29, 0.717) is 18.9 Å². The van der Waals surface area contributed by atoms with Crippen LogP contribution in [-0.2, 0) is 13.1 Å². The van der Waals surface area contributed by atoms with Crippen LogP contribution in [0.25, 0.3) is 10.2 Å². The van der Waals surface area contributed by atoms with Crippen molar-refractivity contribution in [3.63, 3.8) is 0 Å². The normalized spacial score (nSPS) is 11.4. The summed E-state index contributed by atoms with van der Waals surface area (Å²) in [5.41, 5.74) is 1.99. The minimum Gasteiger partial charge on any atom is -0.309 e. The topological polar surface area (TPSA) is 70.7 Å². The van der Waals surface area contributed by atoms with Crippen LogP contribution in [0.2, 0.25) is 0 Å². The van der Waals surface area contributed by atoms with Crippen molar-refractivity contribution in [1.29, 1.82) is 0 Å². The minimum absolute atomic E-state index is 0.0526. The molecular formula is C14H16N4OS2. The predicted molar refractivity (Wildman–Crippen MR) is 87.1 cm³/mol. The van der Waals surface area contributed by atoms with Gasteiger partial charge in [0, 0.05) is 16.8 Å². The molecule has 0 unspecified atom stereocenters. The predicted octanol–water partition coefficient (Wildman–Crippen LogP) is 2.66. The molecule has 3 rings (SSSR count). The van der Waals surface area contributed by atoms with Crippen LogP contribution in [0.5, 0.6) is 0 Å². The van der Waals surface area contributed by atoms with Crippen molar-refractivity contribution in [2.45, 2.75) is 33.9 Å². The maximum atomic E-state index is 12.1. The molecule has 0 atom stereocenters. The van der Waals surface area contributed by atoms with E-state index >= 15 is 0 Å². The highest BCUT2D eigenvalue weighted by Gasteiger charge is 2.11. The van der Waals surface area contributed by atoms with Crippen molar-refractivity contribution in [3.8, 4) is 0 Å². The Morgan fingerprint density at radius 3 is 2.76 bits per heavy atom. The van der Waals surface area contributed by atoms with Crippen molar-refractivity contribution in [3.05, 3.63) is 42.7 Å². The first-order valence-corrected chi connectivity index (χ1v) is 8.35. The third-order valence-corrected chi connectivity index (χ3v) is 5.28. The van der Waals surface area contributed by atoms with Gasteiger partial charge in [-0.3, -0.25) is 4.79 Å². The highest BCUT2D eigenvalue weighted by Crippen LogP contribution is 2.25. The fourth-order valence-electron chi connectivity index (χ4n) is 2.18. The van der Waals surface area contributed by atoms with Gasteiger partial charge in [0.25, 0.3) is 5.56 Å². The van der Waals surface area contributed by atoms with Gasteiger partial charge < -0.3 is 10.3 Å². The number of hydrogen-bond donors (Lipinski definition) is 2. The summed E-state index contributed by atoms with van der Waals surface area (Å²) in [6.45, 7) is 7.17. The Balaban J connectivity index is 1.77. The minimum atomic E-state index is -0.0526. The fourth-order valence-corrected chi connectivity index (χ4v) is 3.84. The summed E-state index contributed by atoms with van der Waals surface area (Å²) < 4.78 is 0. The first-order valence-electron chi connectivity index (χ1n) is 6.65. The van der Waals surface area contributed by atoms with Crippen molar-refractivity contribution < 1.29 is 0 Å². The molecule has 5 nitrogen and oxygen atoms in total. The zero-order chi connectivity index (χ0) is 15.0. The van der Waals surface area contributed by atoms with Crippen molar-refractivity contribution in [1.82, 2.24) is 20.3 Å². The van der Waals surface area contributed by atoms with E-state index in [2.05, 4.69) is 20.3 Å². The standard InChI is InChI=1S/C14H16N4OS2/c1-7-8(2)21-14-12(7)13(19)17-11(18-14)5-15-4-10-6-20-9(3)16-10/h6,15H,4-5H2,1-3H3,(H,17,18,19). The monoisotopic (exact) mass is 320 g/mol. The van der Waals surface area contributed by atoms with Crippen molar-refractivity contribution in [2.24, 2.45) is 0 Å². The summed E-state index contributed by atoms with van der Waals surface area (Å²) in [4.78, 5) is 25.9. The summed E-state index contributed by atoms with van der Waals surface area (Å²) in [6, 6.07) is 0. The van der Waals surface area contributed by atoms with Crippen LogP contribution in [0.1, 0.15) is 27.0 Å². The molecule has 3 aromatic rings. The summed E-state index contributed by atoms with van der Waals surface area (Å²) in [6.07, 6.45) is 0. The molecule has 3 aromatic heterocycles. The van der Waals surface area contributed by atoms with Crippen LogP contribution in [0, 0.1) is 20.8 Å². The Kier molecular flexibility index (Phi) is 3.88. The van der Waals surface area contributed by atoms with Gasteiger partial charge in [-0.2, -0.15) is 0 Å². The van der Waals surface area contributed by atoms with E-state index in [9.17, 15) is 4.79 Å². The van der Waals surface area contributed by atoms with E-state index in [0.717, 1.165) is 31.4 Å². The molecule has 21 heavy (non-hydrogen) atoms. The Hall–Kier alpha value is -1.57. The van der Waals surface area contributed by atoms with Crippen LogP contribution in [0.3, 0.4) is 0 Å². The molecule has 0 fully saturated rings. The molecule has 0 aliphatic carbocycles. The number of rotatable bonds is 4. The summed E-state index contributed by atoms with van der Waals surface area (Å²) in [7, 11) is 0. The van der Waals surface area contributed by atoms with E-state index in [1.807, 2.05) is 26.2 Å². The SMILES string of the molecule is Cc1nc(CNCc2nc3sc(C)c(C)c3c(=O)[nH]2)cs1. The largest absolute Gasteiger partial charge is 0.309 e. The van der Waals surface area contributed by atoms with Crippen molar-refractivity contribution in [2.75, 3.05) is 0 Å². The van der Waals surface area contributed by atoms with E-state index in [-0.39, 0.29) is 5.56 Å². The van der Waals surface area contributed by atoms with Crippen LogP contribution < -0.4 is 10.9 Å². The maximum Gasteiger partial charge on any atom is 0.259 e. The van der Waals surface area contributed by atoms with Crippen LogP contribution in [0.15, 0.2) is 10.2 Å². The summed E-state index contributed by atoms with van der Waals surface area (Å²) >= 11 is 3.21. The second-order valence-corrected chi connectivity index (χ2v) is 7.20. The number of aromatic nitrogens is 3. The molecule has 0 bridgehead atoms. The fraction of sp³-hybridized carbons (Fsp3) is 0.357. The molecule has 0 amide bonds. The van der Waals surface area contributed by atoms with Gasteiger partial charge in [-0.05, 0) is 26.3 Å². The number of nitrogens with one attached hydrogen (secondary N) is 2. The van der Waals surface area contributed by atoms with Gasteiger partial charge in [0.15, 0.2) is 0 Å². The number of nitrogens with zero attached hydrogens (tertiary/aromatic N) is 2. The van der Waals surface area contributed by atoms with Crippen molar-refractivity contribution >= 4 is 32.9 Å². The first kappa shape index (κ1) is 14.4. The molecule has 0 aromatic carbocycles. The molecular weight excluding hydrogens is 304 g/mol. The Bertz CT molecular complexity index is 846. The molecule has 0 spiro atoms. The van der Waals surface area contributed by atoms with Gasteiger partial charge in [-0.1, -0.05) is 0 Å². The lowest BCUT2D eigenvalue weighted by Crippen LogP contribution is -2.19. The highest BCUT2D eigenvalue weighted by molar-refractivity contribution is 7.18. The van der Waals surface area contributed by atoms with Gasteiger partial charge in [-0.15, -0.1) is 22.7 Å². The number of thiazole rings is 1. The quantitative estimate of drug-likeness (QED) is 0.775. The summed E-state index contributed by atoms with van der Waals surface area (Å²) in [5.74, 6) is 0.667. The molecule has 0 radical (unpaired) electrons. The number of aryl methyl sites for hydroxylation is 3. The third-order valence-electron chi connectivity index (χ3n) is 3.35. The van der Waals surface area contributed by atoms with Gasteiger partial charge in [0.1, 0.15) is 10.7 Å². The van der Waals surface area contributed by atoms with Gasteiger partial charge in [0.05, 0.1) is 22.6 Å². The van der Waals surface area contributed by atoms with Gasteiger partial charge in [0.2, 0.25) is 0 Å². The molecule has 0 saturated carbocycles. The Morgan fingerprint density at radius 2 is 2.05 bits per heavy atom. The first-order chi connectivity index (χ1) is 10.0. The number of fused-ring (bicyclic) bond motifs is 1. The zero-order valence-electron chi connectivity index (χ0n) is 12.1. The molecule has 3 heterocycles. The van der Waals surface area contributed by atoms with Crippen LogP contribution in [0.4, 0.5) is 0 Å². The Labute approximate surface area is 130 Å². The second-order valence-electron chi connectivity index (χ2n) is 4.94. The smallest absolute Gasteiger partial charge is 0.259 e. The molecule has 0 saturated heterocycles. The number of H-pyrrole nitrogens is 1. The summed E-state index contributed by atoms with van der Waals surface area (Å²) in [5, 5.41) is 7.07. The van der Waals surface area contributed by atoms with E-state index < -0.39 is 0 Å². The lowest BCUT2D eigenvalue weighted by atomic mass is 10.2. The number of aromatic amines is 1. The van der Waals surface area contributed by atoms with Crippen LogP contribution in [-0.4, -0.2) is 15.0 Å². The average molecular weight is 320 g/mol. The zero-order valence-corrected chi connectivity index (χ0v) is 13.7. The lowest BCUT2D eigenvalue weighted by Gasteiger charge is -2.02. The molecule has 0 aliphatic heterocycles. The van der Waals surface area contributed by atoms with Gasteiger partial charge in [-0.25, -0.2) is 9.97 Å². The lowest BCUT2D eigenvalue weighted by molar-refractivity contribution is 0.654.